The van der Waals surface area contributed by atoms with Gasteiger partial charge in [-0.2, -0.15) is 5.10 Å². The number of carbonyl (C=O) groups excluding carboxylic acids is 1. The van der Waals surface area contributed by atoms with E-state index in [0.717, 1.165) is 33.2 Å². The van der Waals surface area contributed by atoms with Crippen LogP contribution in [0, 0.1) is 0 Å². The molecule has 0 saturated carbocycles. The van der Waals surface area contributed by atoms with Crippen molar-refractivity contribution in [2.45, 2.75) is 12.3 Å². The second-order valence-electron chi connectivity index (χ2n) is 8.14. The number of carbonyl (C=O) groups is 1. The number of hydrogen-bond acceptors (Lipinski definition) is 6. The Balaban J connectivity index is 1.44. The SMILES string of the molecule is NC[C@@H](C(=O)Cc1ccc2cnccc2c1)c1cccc2c1C=NN(c1ccccc1)B2O. The van der Waals surface area contributed by atoms with E-state index in [1.54, 1.807) is 17.3 Å². The highest BCUT2D eigenvalue weighted by Gasteiger charge is 2.33. The summed E-state index contributed by atoms with van der Waals surface area (Å²) in [6.45, 7) is 0.180. The van der Waals surface area contributed by atoms with Gasteiger partial charge in [0, 0.05) is 36.4 Å². The number of hydrogen-bond donors (Lipinski definition) is 2. The number of nitrogens with zero attached hydrogens (tertiary/aromatic N) is 3. The molecule has 162 valence electrons. The first-order valence-corrected chi connectivity index (χ1v) is 10.9. The Bertz CT molecular complexity index is 1340. The molecule has 0 aliphatic carbocycles. The van der Waals surface area contributed by atoms with Gasteiger partial charge in [-0.1, -0.05) is 54.6 Å². The molecule has 0 bridgehead atoms. The maximum atomic E-state index is 13.3. The number of pyridine rings is 1. The number of para-hydroxylation sites is 1. The van der Waals surface area contributed by atoms with Gasteiger partial charge in [-0.05, 0) is 45.7 Å². The Labute approximate surface area is 192 Å². The molecule has 3 aromatic carbocycles. The highest BCUT2D eigenvalue weighted by molar-refractivity contribution is 6.71. The maximum absolute atomic E-state index is 13.3. The van der Waals surface area contributed by atoms with Crippen molar-refractivity contribution in [3.05, 3.63) is 102 Å². The molecule has 1 aromatic heterocycles. The van der Waals surface area contributed by atoms with Crippen LogP contribution in [0.3, 0.4) is 0 Å². The molecular weight excluding hydrogens is 411 g/mol. The predicted octanol–water partition coefficient (Wildman–Crippen LogP) is 2.63. The van der Waals surface area contributed by atoms with Crippen LogP contribution in [-0.4, -0.2) is 35.6 Å². The van der Waals surface area contributed by atoms with Gasteiger partial charge in [0.1, 0.15) is 5.78 Å². The number of ketones is 1. The lowest BCUT2D eigenvalue weighted by atomic mass is 9.67. The highest BCUT2D eigenvalue weighted by Crippen LogP contribution is 2.25. The number of nitrogens with two attached hydrogens (primary N) is 1. The molecule has 1 aliphatic rings. The van der Waals surface area contributed by atoms with Crippen LogP contribution in [-0.2, 0) is 11.2 Å². The van der Waals surface area contributed by atoms with Gasteiger partial charge in [-0.25, -0.2) is 0 Å². The number of fused-ring (bicyclic) bond motifs is 2. The molecule has 1 atom stereocenters. The summed E-state index contributed by atoms with van der Waals surface area (Å²) in [5.41, 5.74) is 10.1. The molecule has 5 rings (SSSR count). The quantitative estimate of drug-likeness (QED) is 0.456. The van der Waals surface area contributed by atoms with Crippen LogP contribution in [0.2, 0.25) is 0 Å². The minimum atomic E-state index is -0.949. The Morgan fingerprint density at radius 2 is 1.88 bits per heavy atom. The zero-order chi connectivity index (χ0) is 22.8. The van der Waals surface area contributed by atoms with Crippen molar-refractivity contribution in [2.75, 3.05) is 11.5 Å². The first-order chi connectivity index (χ1) is 16.2. The lowest BCUT2D eigenvalue weighted by Crippen LogP contribution is -2.50. The number of anilines is 1. The third kappa shape index (κ3) is 4.04. The molecule has 6 nitrogen and oxygen atoms in total. The monoisotopic (exact) mass is 434 g/mol. The minimum absolute atomic E-state index is 0.0349. The molecular formula is C26H23BN4O2. The number of rotatable bonds is 6. The van der Waals surface area contributed by atoms with Crippen LogP contribution in [0.1, 0.15) is 22.6 Å². The molecule has 3 N–H and O–H groups in total. The van der Waals surface area contributed by atoms with E-state index in [2.05, 4.69) is 10.1 Å². The number of hydrazone groups is 1. The standard InChI is InChI=1S/C26H23BN4O2/c28-15-23(26(32)14-18-9-10-20-16-29-12-11-19(20)13-18)22-7-4-8-25-24(22)17-30-31(27(25)33)21-5-2-1-3-6-21/h1-13,16-17,23,33H,14-15,28H2/t23-/m1/s1. The molecule has 0 radical (unpaired) electrons. The van der Waals surface area contributed by atoms with Crippen molar-refractivity contribution in [2.24, 2.45) is 10.8 Å². The zero-order valence-electron chi connectivity index (χ0n) is 18.0. The molecule has 2 heterocycles. The summed E-state index contributed by atoms with van der Waals surface area (Å²) in [6, 6.07) is 23.0. The summed E-state index contributed by atoms with van der Waals surface area (Å²) in [7, 11) is -0.949. The predicted molar refractivity (Wildman–Crippen MR) is 133 cm³/mol. The normalized spacial score (nSPS) is 13.8. The minimum Gasteiger partial charge on any atom is -0.427 e. The van der Waals surface area contributed by atoms with E-state index >= 15 is 0 Å². The molecule has 0 saturated heterocycles. The van der Waals surface area contributed by atoms with Crippen molar-refractivity contribution >= 4 is 41.0 Å². The van der Waals surface area contributed by atoms with Gasteiger partial charge in [0.25, 0.3) is 0 Å². The van der Waals surface area contributed by atoms with E-state index in [-0.39, 0.29) is 18.7 Å². The first kappa shape index (κ1) is 21.1. The van der Waals surface area contributed by atoms with Gasteiger partial charge >= 0.3 is 7.05 Å². The van der Waals surface area contributed by atoms with E-state index in [0.29, 0.717) is 5.46 Å². The molecule has 0 unspecified atom stereocenters. The summed E-state index contributed by atoms with van der Waals surface area (Å²) in [5.74, 6) is -0.456. The Hall–Kier alpha value is -3.81. The van der Waals surface area contributed by atoms with E-state index < -0.39 is 13.0 Å². The van der Waals surface area contributed by atoms with Crippen molar-refractivity contribution in [1.29, 1.82) is 0 Å². The van der Waals surface area contributed by atoms with E-state index in [1.165, 1.54) is 0 Å². The molecule has 1 aliphatic heterocycles. The van der Waals surface area contributed by atoms with Gasteiger partial charge in [-0.15, -0.1) is 0 Å². The van der Waals surface area contributed by atoms with Gasteiger partial charge < -0.3 is 10.8 Å². The second-order valence-corrected chi connectivity index (χ2v) is 8.14. The largest absolute Gasteiger partial charge is 0.471 e. The number of benzene rings is 3. The summed E-state index contributed by atoms with van der Waals surface area (Å²) < 4.78 is 0. The lowest BCUT2D eigenvalue weighted by molar-refractivity contribution is -0.119. The summed E-state index contributed by atoms with van der Waals surface area (Å²) >= 11 is 0. The molecule has 0 amide bonds. The molecule has 4 aromatic rings. The van der Waals surface area contributed by atoms with E-state index in [9.17, 15) is 9.82 Å². The van der Waals surface area contributed by atoms with Crippen LogP contribution in [0.25, 0.3) is 10.8 Å². The smallest absolute Gasteiger partial charge is 0.427 e. The fourth-order valence-electron chi connectivity index (χ4n) is 4.38. The van der Waals surface area contributed by atoms with E-state index in [4.69, 9.17) is 5.73 Å². The van der Waals surface area contributed by atoms with Gasteiger partial charge in [0.05, 0.1) is 12.1 Å². The number of aromatic nitrogens is 1. The van der Waals surface area contributed by atoms with Crippen molar-refractivity contribution in [3.63, 3.8) is 0 Å². The first-order valence-electron chi connectivity index (χ1n) is 10.9. The topological polar surface area (TPSA) is 91.8 Å². The van der Waals surface area contributed by atoms with Crippen LogP contribution in [0.15, 0.2) is 90.3 Å². The fraction of sp³-hybridized carbons (Fsp3) is 0.115. The molecule has 7 heteroatoms. The van der Waals surface area contributed by atoms with Crippen molar-refractivity contribution in [1.82, 2.24) is 4.98 Å². The number of Topliss-reactive ketones (excluding diaryl/α,β-unsaturated/α-hetero) is 1. The van der Waals surface area contributed by atoms with Gasteiger partial charge in [-0.3, -0.25) is 14.7 Å². The van der Waals surface area contributed by atoms with Crippen LogP contribution in [0.4, 0.5) is 5.69 Å². The van der Waals surface area contributed by atoms with Crippen LogP contribution in [0.5, 0.6) is 0 Å². The lowest BCUT2D eigenvalue weighted by Gasteiger charge is -2.29. The van der Waals surface area contributed by atoms with Gasteiger partial charge in [0.15, 0.2) is 0 Å². The van der Waals surface area contributed by atoms with Gasteiger partial charge in [0.2, 0.25) is 0 Å². The van der Waals surface area contributed by atoms with Crippen LogP contribution < -0.4 is 16.1 Å². The molecule has 0 spiro atoms. The Kier molecular flexibility index (Phi) is 5.73. The average Bonchev–Trinajstić information content (AvgIpc) is 2.85. The third-order valence-electron chi connectivity index (χ3n) is 6.10. The summed E-state index contributed by atoms with van der Waals surface area (Å²) in [6.07, 6.45) is 5.54. The third-order valence-corrected chi connectivity index (χ3v) is 6.10. The Morgan fingerprint density at radius 1 is 1.03 bits per heavy atom. The van der Waals surface area contributed by atoms with Crippen molar-refractivity contribution < 1.29 is 9.82 Å². The summed E-state index contributed by atoms with van der Waals surface area (Å²) in [4.78, 5) is 19.0. The molecule has 33 heavy (non-hydrogen) atoms. The summed E-state index contributed by atoms with van der Waals surface area (Å²) in [5, 5.41) is 17.6. The van der Waals surface area contributed by atoms with Crippen molar-refractivity contribution in [3.8, 4) is 0 Å². The van der Waals surface area contributed by atoms with E-state index in [1.807, 2.05) is 79.0 Å². The fourth-order valence-corrected chi connectivity index (χ4v) is 4.38. The zero-order valence-corrected chi connectivity index (χ0v) is 18.0. The van der Waals surface area contributed by atoms with Crippen LogP contribution >= 0.6 is 0 Å². The molecule has 0 fully saturated rings. The average molecular weight is 434 g/mol. The highest BCUT2D eigenvalue weighted by atomic mass is 16.2. The maximum Gasteiger partial charge on any atom is 0.471 e. The second kappa shape index (κ2) is 8.98. The Morgan fingerprint density at radius 3 is 2.70 bits per heavy atom.